The van der Waals surface area contributed by atoms with Crippen molar-refractivity contribution in [1.82, 2.24) is 0 Å². The van der Waals surface area contributed by atoms with Crippen molar-refractivity contribution >= 4 is 5.78 Å². The van der Waals surface area contributed by atoms with E-state index in [1.165, 1.54) is 6.92 Å². The van der Waals surface area contributed by atoms with E-state index < -0.39 is 0 Å². The van der Waals surface area contributed by atoms with E-state index in [9.17, 15) is 4.79 Å². The SMILES string of the molecule is COc1ccc(C(C)=O)cc1COc1ccc(CO)cc1. The van der Waals surface area contributed by atoms with Gasteiger partial charge in [0.1, 0.15) is 18.1 Å². The third-order valence-corrected chi connectivity index (χ3v) is 3.19. The van der Waals surface area contributed by atoms with Gasteiger partial charge in [-0.3, -0.25) is 4.79 Å². The Morgan fingerprint density at radius 3 is 2.43 bits per heavy atom. The highest BCUT2D eigenvalue weighted by atomic mass is 16.5. The first-order chi connectivity index (χ1) is 10.1. The van der Waals surface area contributed by atoms with Crippen LogP contribution in [0, 0.1) is 0 Å². The molecule has 0 bridgehead atoms. The first kappa shape index (κ1) is 15.1. The number of benzene rings is 2. The lowest BCUT2D eigenvalue weighted by molar-refractivity contribution is 0.101. The van der Waals surface area contributed by atoms with E-state index in [1.54, 1.807) is 49.6 Å². The van der Waals surface area contributed by atoms with Crippen molar-refractivity contribution in [3.05, 3.63) is 59.2 Å². The van der Waals surface area contributed by atoms with E-state index in [2.05, 4.69) is 0 Å². The molecule has 0 spiro atoms. The first-order valence-electron chi connectivity index (χ1n) is 6.64. The monoisotopic (exact) mass is 286 g/mol. The molecule has 0 aliphatic rings. The van der Waals surface area contributed by atoms with Gasteiger partial charge in [0.15, 0.2) is 5.78 Å². The predicted molar refractivity (Wildman–Crippen MR) is 79.7 cm³/mol. The zero-order valence-electron chi connectivity index (χ0n) is 12.1. The van der Waals surface area contributed by atoms with Gasteiger partial charge in [-0.1, -0.05) is 12.1 Å². The number of ketones is 1. The molecule has 4 nitrogen and oxygen atoms in total. The number of ether oxygens (including phenoxy) is 2. The number of aliphatic hydroxyl groups excluding tert-OH is 1. The Morgan fingerprint density at radius 2 is 1.86 bits per heavy atom. The minimum absolute atomic E-state index is 0.00574. The third kappa shape index (κ3) is 3.83. The number of hydrogen-bond donors (Lipinski definition) is 1. The van der Waals surface area contributed by atoms with Gasteiger partial charge in [-0.25, -0.2) is 0 Å². The maximum Gasteiger partial charge on any atom is 0.159 e. The normalized spacial score (nSPS) is 10.2. The van der Waals surface area contributed by atoms with Crippen LogP contribution in [0.5, 0.6) is 11.5 Å². The number of methoxy groups -OCH3 is 1. The maximum atomic E-state index is 11.4. The fourth-order valence-electron chi connectivity index (χ4n) is 1.96. The molecule has 2 aromatic rings. The highest BCUT2D eigenvalue weighted by molar-refractivity contribution is 5.94. The van der Waals surface area contributed by atoms with Crippen LogP contribution in [0.25, 0.3) is 0 Å². The van der Waals surface area contributed by atoms with Gasteiger partial charge in [0.2, 0.25) is 0 Å². The smallest absolute Gasteiger partial charge is 0.159 e. The summed E-state index contributed by atoms with van der Waals surface area (Å²) in [6.45, 7) is 1.84. The molecule has 0 aromatic heterocycles. The summed E-state index contributed by atoms with van der Waals surface area (Å²) >= 11 is 0. The standard InChI is InChI=1S/C17H18O4/c1-12(19)14-5-8-17(20-2)15(9-14)11-21-16-6-3-13(10-18)4-7-16/h3-9,18H,10-11H2,1-2H3. The van der Waals surface area contributed by atoms with Crippen LogP contribution >= 0.6 is 0 Å². The topological polar surface area (TPSA) is 55.8 Å². The van der Waals surface area contributed by atoms with Crippen LogP contribution in [0.3, 0.4) is 0 Å². The summed E-state index contributed by atoms with van der Waals surface area (Å²) in [5.41, 5.74) is 2.28. The quantitative estimate of drug-likeness (QED) is 0.829. The molecule has 0 atom stereocenters. The van der Waals surface area contributed by atoms with E-state index in [-0.39, 0.29) is 12.4 Å². The average molecular weight is 286 g/mol. The summed E-state index contributed by atoms with van der Waals surface area (Å²) in [6.07, 6.45) is 0. The van der Waals surface area contributed by atoms with Gasteiger partial charge in [-0.05, 0) is 42.8 Å². The summed E-state index contributed by atoms with van der Waals surface area (Å²) in [7, 11) is 1.59. The molecule has 1 N–H and O–H groups in total. The molecule has 0 saturated carbocycles. The maximum absolute atomic E-state index is 11.4. The van der Waals surface area contributed by atoms with Crippen molar-refractivity contribution in [3.63, 3.8) is 0 Å². The van der Waals surface area contributed by atoms with Gasteiger partial charge in [-0.2, -0.15) is 0 Å². The molecule has 0 radical (unpaired) electrons. The van der Waals surface area contributed by atoms with E-state index in [0.29, 0.717) is 23.7 Å². The minimum Gasteiger partial charge on any atom is -0.496 e. The first-order valence-corrected chi connectivity index (χ1v) is 6.64. The second-order valence-electron chi connectivity index (χ2n) is 4.67. The number of carbonyl (C=O) groups is 1. The van der Waals surface area contributed by atoms with Gasteiger partial charge in [0, 0.05) is 11.1 Å². The molecular formula is C17H18O4. The van der Waals surface area contributed by atoms with E-state index in [0.717, 1.165) is 11.1 Å². The number of Topliss-reactive ketones (excluding diaryl/α,β-unsaturated/α-hetero) is 1. The number of rotatable bonds is 6. The van der Waals surface area contributed by atoms with Crippen LogP contribution in [0.4, 0.5) is 0 Å². The molecule has 0 heterocycles. The molecular weight excluding hydrogens is 268 g/mol. The molecule has 2 aromatic carbocycles. The molecule has 2 rings (SSSR count). The lowest BCUT2D eigenvalue weighted by Crippen LogP contribution is -2.02. The number of hydrogen-bond acceptors (Lipinski definition) is 4. The highest BCUT2D eigenvalue weighted by Crippen LogP contribution is 2.22. The largest absolute Gasteiger partial charge is 0.496 e. The van der Waals surface area contributed by atoms with Gasteiger partial charge in [0.05, 0.1) is 13.7 Å². The lowest BCUT2D eigenvalue weighted by Gasteiger charge is -2.11. The average Bonchev–Trinajstić information content (AvgIpc) is 2.53. The Hall–Kier alpha value is -2.33. The Labute approximate surface area is 123 Å². The van der Waals surface area contributed by atoms with Crippen molar-refractivity contribution in [1.29, 1.82) is 0 Å². The van der Waals surface area contributed by atoms with E-state index in [4.69, 9.17) is 14.6 Å². The Balaban J connectivity index is 2.13. The van der Waals surface area contributed by atoms with Crippen LogP contribution in [0.15, 0.2) is 42.5 Å². The summed E-state index contributed by atoms with van der Waals surface area (Å²) in [4.78, 5) is 11.4. The second kappa shape index (κ2) is 6.90. The van der Waals surface area contributed by atoms with Gasteiger partial charge in [0.25, 0.3) is 0 Å². The van der Waals surface area contributed by atoms with Crippen molar-refractivity contribution in [2.24, 2.45) is 0 Å². The minimum atomic E-state index is 0.00574. The molecule has 0 unspecified atom stereocenters. The lowest BCUT2D eigenvalue weighted by atomic mass is 10.1. The molecule has 0 aliphatic heterocycles. The van der Waals surface area contributed by atoms with Crippen molar-refractivity contribution < 1.29 is 19.4 Å². The van der Waals surface area contributed by atoms with Crippen LogP contribution < -0.4 is 9.47 Å². The third-order valence-electron chi connectivity index (χ3n) is 3.19. The van der Waals surface area contributed by atoms with Crippen LogP contribution in [0.1, 0.15) is 28.4 Å². The molecule has 0 fully saturated rings. The second-order valence-corrected chi connectivity index (χ2v) is 4.67. The molecule has 110 valence electrons. The molecule has 4 heteroatoms. The molecule has 0 saturated heterocycles. The van der Waals surface area contributed by atoms with Crippen molar-refractivity contribution in [2.75, 3.05) is 7.11 Å². The van der Waals surface area contributed by atoms with Gasteiger partial charge < -0.3 is 14.6 Å². The summed E-state index contributed by atoms with van der Waals surface area (Å²) in [5, 5.41) is 9.00. The Kier molecular flexibility index (Phi) is 4.95. The van der Waals surface area contributed by atoms with E-state index >= 15 is 0 Å². The van der Waals surface area contributed by atoms with E-state index in [1.807, 2.05) is 0 Å². The summed E-state index contributed by atoms with van der Waals surface area (Å²) < 4.78 is 11.0. The summed E-state index contributed by atoms with van der Waals surface area (Å²) in [5.74, 6) is 1.39. The molecule has 0 amide bonds. The zero-order chi connectivity index (χ0) is 15.2. The van der Waals surface area contributed by atoms with Crippen LogP contribution in [-0.4, -0.2) is 18.0 Å². The predicted octanol–water partition coefficient (Wildman–Crippen LogP) is 2.97. The zero-order valence-corrected chi connectivity index (χ0v) is 12.1. The summed E-state index contributed by atoms with van der Waals surface area (Å²) in [6, 6.07) is 12.5. The molecule has 21 heavy (non-hydrogen) atoms. The Morgan fingerprint density at radius 1 is 1.14 bits per heavy atom. The van der Waals surface area contributed by atoms with Gasteiger partial charge in [-0.15, -0.1) is 0 Å². The fourth-order valence-corrected chi connectivity index (χ4v) is 1.96. The van der Waals surface area contributed by atoms with Crippen LogP contribution in [0.2, 0.25) is 0 Å². The van der Waals surface area contributed by atoms with Crippen molar-refractivity contribution in [3.8, 4) is 11.5 Å². The highest BCUT2D eigenvalue weighted by Gasteiger charge is 2.08. The van der Waals surface area contributed by atoms with Crippen LogP contribution in [-0.2, 0) is 13.2 Å². The number of aliphatic hydroxyl groups is 1. The fraction of sp³-hybridized carbons (Fsp3) is 0.235. The van der Waals surface area contributed by atoms with Crippen molar-refractivity contribution in [2.45, 2.75) is 20.1 Å². The van der Waals surface area contributed by atoms with Gasteiger partial charge >= 0.3 is 0 Å². The Bertz CT molecular complexity index is 617. The number of carbonyl (C=O) groups excluding carboxylic acids is 1. The molecule has 0 aliphatic carbocycles.